The van der Waals surface area contributed by atoms with Crippen LogP contribution in [0, 0.1) is 0 Å². The number of rotatable bonds is 5. The highest BCUT2D eigenvalue weighted by atomic mass is 16.3. The summed E-state index contributed by atoms with van der Waals surface area (Å²) in [6, 6.07) is 0. The minimum absolute atomic E-state index is 0.224. The van der Waals surface area contributed by atoms with Gasteiger partial charge in [-0.25, -0.2) is 0 Å². The number of ketones is 1. The van der Waals surface area contributed by atoms with Crippen LogP contribution in [0.5, 0.6) is 0 Å². The van der Waals surface area contributed by atoms with Crippen LogP contribution in [-0.4, -0.2) is 17.0 Å². The van der Waals surface area contributed by atoms with Gasteiger partial charge in [-0.2, -0.15) is 0 Å². The average molecular weight is 156 g/mol. The first-order valence-electron chi connectivity index (χ1n) is 3.97. The third kappa shape index (κ3) is 3.94. The molecule has 0 radical (unpaired) electrons. The summed E-state index contributed by atoms with van der Waals surface area (Å²) >= 11 is 0. The van der Waals surface area contributed by atoms with Crippen molar-refractivity contribution in [3.05, 3.63) is 12.2 Å². The topological polar surface area (TPSA) is 37.3 Å². The van der Waals surface area contributed by atoms with Crippen molar-refractivity contribution in [2.24, 2.45) is 0 Å². The molecule has 0 amide bonds. The number of hydrogen-bond acceptors (Lipinski definition) is 2. The molecule has 0 aromatic heterocycles. The van der Waals surface area contributed by atoms with Crippen molar-refractivity contribution in [1.29, 1.82) is 0 Å². The fourth-order valence-corrected chi connectivity index (χ4v) is 0.813. The molecule has 0 aromatic rings. The van der Waals surface area contributed by atoms with Crippen molar-refractivity contribution in [3.8, 4) is 0 Å². The zero-order chi connectivity index (χ0) is 8.85. The molecule has 11 heavy (non-hydrogen) atoms. The van der Waals surface area contributed by atoms with Crippen LogP contribution in [0.4, 0.5) is 0 Å². The molecule has 0 aromatic carbocycles. The van der Waals surface area contributed by atoms with Crippen LogP contribution in [0.1, 0.15) is 33.1 Å². The van der Waals surface area contributed by atoms with Crippen molar-refractivity contribution >= 4 is 5.78 Å². The molecule has 64 valence electrons. The molecule has 0 spiro atoms. The Labute approximate surface area is 67.9 Å². The second-order valence-corrected chi connectivity index (χ2v) is 2.80. The molecule has 0 saturated carbocycles. The van der Waals surface area contributed by atoms with E-state index in [0.717, 1.165) is 12.8 Å². The van der Waals surface area contributed by atoms with Gasteiger partial charge in [-0.15, -0.1) is 0 Å². The molecule has 2 heteroatoms. The van der Waals surface area contributed by atoms with Crippen LogP contribution >= 0.6 is 0 Å². The van der Waals surface area contributed by atoms with Gasteiger partial charge < -0.3 is 5.11 Å². The Morgan fingerprint density at radius 3 is 2.55 bits per heavy atom. The number of Topliss-reactive ketones (excluding diaryl/α,β-unsaturated/α-hetero) is 1. The van der Waals surface area contributed by atoms with Crippen LogP contribution < -0.4 is 0 Å². The SMILES string of the molecule is C=C(C)C(=O)C(O)CCCC. The second kappa shape index (κ2) is 5.08. The summed E-state index contributed by atoms with van der Waals surface area (Å²) in [5.41, 5.74) is 0.439. The van der Waals surface area contributed by atoms with Gasteiger partial charge in [0.25, 0.3) is 0 Å². The third-order valence-corrected chi connectivity index (χ3v) is 1.55. The molecule has 0 heterocycles. The number of carbonyl (C=O) groups excluding carboxylic acids is 1. The van der Waals surface area contributed by atoms with E-state index in [0.29, 0.717) is 12.0 Å². The largest absolute Gasteiger partial charge is 0.385 e. The highest BCUT2D eigenvalue weighted by Crippen LogP contribution is 2.05. The minimum atomic E-state index is -0.826. The molecule has 2 nitrogen and oxygen atoms in total. The summed E-state index contributed by atoms with van der Waals surface area (Å²) in [5, 5.41) is 9.21. The standard InChI is InChI=1S/C9H16O2/c1-4-5-6-8(10)9(11)7(2)3/h8,10H,2,4-6H2,1,3H3. The number of carbonyl (C=O) groups is 1. The van der Waals surface area contributed by atoms with E-state index in [4.69, 9.17) is 0 Å². The Morgan fingerprint density at radius 2 is 2.18 bits per heavy atom. The maximum absolute atomic E-state index is 11.0. The summed E-state index contributed by atoms with van der Waals surface area (Å²) < 4.78 is 0. The fourth-order valence-electron chi connectivity index (χ4n) is 0.813. The Morgan fingerprint density at radius 1 is 1.64 bits per heavy atom. The number of aliphatic hydroxyl groups is 1. The smallest absolute Gasteiger partial charge is 0.186 e. The predicted molar refractivity (Wildman–Crippen MR) is 45.4 cm³/mol. The van der Waals surface area contributed by atoms with Gasteiger partial charge in [0, 0.05) is 0 Å². The fraction of sp³-hybridized carbons (Fsp3) is 0.667. The molecular weight excluding hydrogens is 140 g/mol. The molecular formula is C9H16O2. The maximum atomic E-state index is 11.0. The first kappa shape index (κ1) is 10.4. The van der Waals surface area contributed by atoms with Crippen molar-refractivity contribution < 1.29 is 9.90 Å². The molecule has 0 aliphatic heterocycles. The van der Waals surface area contributed by atoms with Gasteiger partial charge in [-0.05, 0) is 18.9 Å². The normalized spacial score (nSPS) is 12.6. The monoisotopic (exact) mass is 156 g/mol. The van der Waals surface area contributed by atoms with Crippen LogP contribution in [-0.2, 0) is 4.79 Å². The van der Waals surface area contributed by atoms with Crippen LogP contribution in [0.3, 0.4) is 0 Å². The minimum Gasteiger partial charge on any atom is -0.385 e. The van der Waals surface area contributed by atoms with Gasteiger partial charge in [0.15, 0.2) is 5.78 Å². The third-order valence-electron chi connectivity index (χ3n) is 1.55. The highest BCUT2D eigenvalue weighted by Gasteiger charge is 2.13. The van der Waals surface area contributed by atoms with Gasteiger partial charge in [-0.1, -0.05) is 26.3 Å². The van der Waals surface area contributed by atoms with E-state index < -0.39 is 6.10 Å². The highest BCUT2D eigenvalue weighted by molar-refractivity contribution is 5.97. The van der Waals surface area contributed by atoms with Crippen molar-refractivity contribution in [2.75, 3.05) is 0 Å². The van der Waals surface area contributed by atoms with Gasteiger partial charge >= 0.3 is 0 Å². The molecule has 0 saturated heterocycles. The summed E-state index contributed by atoms with van der Waals surface area (Å²) in [5.74, 6) is -0.224. The average Bonchev–Trinajstić information content (AvgIpc) is 1.98. The summed E-state index contributed by atoms with van der Waals surface area (Å²) in [7, 11) is 0. The summed E-state index contributed by atoms with van der Waals surface area (Å²) in [4.78, 5) is 11.0. The van der Waals surface area contributed by atoms with E-state index in [-0.39, 0.29) is 5.78 Å². The molecule has 0 bridgehead atoms. The maximum Gasteiger partial charge on any atom is 0.186 e. The van der Waals surface area contributed by atoms with Gasteiger partial charge in [0.05, 0.1) is 0 Å². The first-order valence-corrected chi connectivity index (χ1v) is 3.97. The predicted octanol–water partition coefficient (Wildman–Crippen LogP) is 1.68. The number of hydrogen-bond donors (Lipinski definition) is 1. The Bertz CT molecular complexity index is 150. The summed E-state index contributed by atoms with van der Waals surface area (Å²) in [6.07, 6.45) is 1.62. The zero-order valence-electron chi connectivity index (χ0n) is 7.26. The molecule has 0 aliphatic carbocycles. The van der Waals surface area contributed by atoms with Crippen molar-refractivity contribution in [2.45, 2.75) is 39.2 Å². The number of aliphatic hydroxyl groups excluding tert-OH is 1. The van der Waals surface area contributed by atoms with Gasteiger partial charge in [0.1, 0.15) is 6.10 Å². The van der Waals surface area contributed by atoms with Crippen LogP contribution in [0.15, 0.2) is 12.2 Å². The lowest BCUT2D eigenvalue weighted by Crippen LogP contribution is -2.20. The summed E-state index contributed by atoms with van der Waals surface area (Å²) in [6.45, 7) is 7.12. The zero-order valence-corrected chi connectivity index (χ0v) is 7.26. The van der Waals surface area contributed by atoms with E-state index in [1.54, 1.807) is 6.92 Å². The Kier molecular flexibility index (Phi) is 4.79. The van der Waals surface area contributed by atoms with Crippen molar-refractivity contribution in [3.63, 3.8) is 0 Å². The molecule has 1 atom stereocenters. The van der Waals surface area contributed by atoms with Gasteiger partial charge in [-0.3, -0.25) is 4.79 Å². The van der Waals surface area contributed by atoms with E-state index in [1.165, 1.54) is 0 Å². The van der Waals surface area contributed by atoms with E-state index in [2.05, 4.69) is 6.58 Å². The van der Waals surface area contributed by atoms with E-state index >= 15 is 0 Å². The molecule has 0 aliphatic rings. The number of unbranched alkanes of at least 4 members (excludes halogenated alkanes) is 1. The van der Waals surface area contributed by atoms with Gasteiger partial charge in [0.2, 0.25) is 0 Å². The molecule has 1 unspecified atom stereocenters. The lowest BCUT2D eigenvalue weighted by Gasteiger charge is -2.07. The molecule has 0 fully saturated rings. The quantitative estimate of drug-likeness (QED) is 0.615. The Balaban J connectivity index is 3.73. The molecule has 1 N–H and O–H groups in total. The van der Waals surface area contributed by atoms with Crippen molar-refractivity contribution in [1.82, 2.24) is 0 Å². The Hall–Kier alpha value is -0.630. The first-order chi connectivity index (χ1) is 5.09. The molecule has 0 rings (SSSR count). The lowest BCUT2D eigenvalue weighted by molar-refractivity contribution is -0.123. The lowest BCUT2D eigenvalue weighted by atomic mass is 10.0. The van der Waals surface area contributed by atoms with Crippen LogP contribution in [0.25, 0.3) is 0 Å². The van der Waals surface area contributed by atoms with Crippen LogP contribution in [0.2, 0.25) is 0 Å². The van der Waals surface area contributed by atoms with E-state index in [1.807, 2.05) is 6.92 Å². The van der Waals surface area contributed by atoms with E-state index in [9.17, 15) is 9.90 Å². The second-order valence-electron chi connectivity index (χ2n) is 2.80.